The van der Waals surface area contributed by atoms with Gasteiger partial charge in [-0.2, -0.15) is 0 Å². The molecule has 1 aromatic heterocycles. The average molecular weight is 353 g/mol. The van der Waals surface area contributed by atoms with E-state index in [1.165, 1.54) is 0 Å². The zero-order valence-corrected chi connectivity index (χ0v) is 14.8. The van der Waals surface area contributed by atoms with Crippen LogP contribution in [-0.4, -0.2) is 84.9 Å². The molecule has 2 aliphatic rings. The third-order valence-electron chi connectivity index (χ3n) is 4.43. The second kappa shape index (κ2) is 6.64. The molecule has 9 heteroatoms. The number of hydrogen-bond donors (Lipinski definition) is 1. The Hall–Kier alpha value is -1.74. The second-order valence-electron chi connectivity index (χ2n) is 6.56. The SMILES string of the molecule is Cc1cc(C(=O)N2CCN(C)CC2)nc(NC2CCS(=O)(=O)C2)n1. The van der Waals surface area contributed by atoms with E-state index in [-0.39, 0.29) is 23.5 Å². The molecule has 1 unspecified atom stereocenters. The maximum atomic E-state index is 12.6. The molecule has 1 amide bonds. The molecule has 132 valence electrons. The Kier molecular flexibility index (Phi) is 4.73. The number of sulfone groups is 1. The normalized spacial score (nSPS) is 24.1. The van der Waals surface area contributed by atoms with Gasteiger partial charge in [-0.15, -0.1) is 0 Å². The lowest BCUT2D eigenvalue weighted by Crippen LogP contribution is -2.47. The summed E-state index contributed by atoms with van der Waals surface area (Å²) in [5.41, 5.74) is 1.04. The second-order valence-corrected chi connectivity index (χ2v) is 8.79. The Labute approximate surface area is 142 Å². The Morgan fingerprint density at radius 2 is 1.96 bits per heavy atom. The number of aryl methyl sites for hydroxylation is 1. The van der Waals surface area contributed by atoms with E-state index in [4.69, 9.17) is 0 Å². The highest BCUT2D eigenvalue weighted by Gasteiger charge is 2.29. The van der Waals surface area contributed by atoms with Crippen LogP contribution in [0.15, 0.2) is 6.07 Å². The maximum Gasteiger partial charge on any atom is 0.272 e. The first-order valence-electron chi connectivity index (χ1n) is 8.13. The van der Waals surface area contributed by atoms with Crippen LogP contribution in [0.1, 0.15) is 22.6 Å². The minimum atomic E-state index is -2.97. The van der Waals surface area contributed by atoms with E-state index >= 15 is 0 Å². The number of nitrogens with one attached hydrogen (secondary N) is 1. The number of nitrogens with zero attached hydrogens (tertiary/aromatic N) is 4. The quantitative estimate of drug-likeness (QED) is 0.802. The van der Waals surface area contributed by atoms with Crippen LogP contribution in [0, 0.1) is 6.92 Å². The van der Waals surface area contributed by atoms with Gasteiger partial charge in [0, 0.05) is 37.9 Å². The fourth-order valence-electron chi connectivity index (χ4n) is 3.01. The summed E-state index contributed by atoms with van der Waals surface area (Å²) in [7, 11) is -0.936. The molecular formula is C15H23N5O3S. The zero-order chi connectivity index (χ0) is 17.3. The van der Waals surface area contributed by atoms with Crippen molar-refractivity contribution in [2.24, 2.45) is 0 Å². The van der Waals surface area contributed by atoms with Crippen LogP contribution in [0.3, 0.4) is 0 Å². The molecule has 2 aliphatic heterocycles. The summed E-state index contributed by atoms with van der Waals surface area (Å²) in [4.78, 5) is 25.2. The summed E-state index contributed by atoms with van der Waals surface area (Å²) in [6.07, 6.45) is 0.543. The van der Waals surface area contributed by atoms with Crippen molar-refractivity contribution in [3.8, 4) is 0 Å². The molecule has 0 spiro atoms. The number of amides is 1. The fourth-order valence-corrected chi connectivity index (χ4v) is 4.68. The van der Waals surface area contributed by atoms with E-state index < -0.39 is 9.84 Å². The van der Waals surface area contributed by atoms with Gasteiger partial charge in [-0.3, -0.25) is 4.79 Å². The molecule has 8 nitrogen and oxygen atoms in total. The van der Waals surface area contributed by atoms with Crippen LogP contribution in [0.4, 0.5) is 5.95 Å². The van der Waals surface area contributed by atoms with Crippen LogP contribution in [-0.2, 0) is 9.84 Å². The van der Waals surface area contributed by atoms with Gasteiger partial charge in [0.15, 0.2) is 9.84 Å². The topological polar surface area (TPSA) is 95.5 Å². The lowest BCUT2D eigenvalue weighted by molar-refractivity contribution is 0.0658. The number of piperazine rings is 1. The molecule has 0 bridgehead atoms. The van der Waals surface area contributed by atoms with Crippen molar-refractivity contribution in [1.29, 1.82) is 0 Å². The summed E-state index contributed by atoms with van der Waals surface area (Å²) in [5.74, 6) is 0.501. The van der Waals surface area contributed by atoms with Crippen LogP contribution < -0.4 is 5.32 Å². The van der Waals surface area contributed by atoms with E-state index in [2.05, 4.69) is 20.2 Å². The van der Waals surface area contributed by atoms with Gasteiger partial charge in [0.2, 0.25) is 5.95 Å². The lowest BCUT2D eigenvalue weighted by atomic mass is 10.2. The molecule has 0 saturated carbocycles. The number of carbonyl (C=O) groups is 1. The van der Waals surface area contributed by atoms with Crippen molar-refractivity contribution in [3.05, 3.63) is 17.5 Å². The molecule has 3 rings (SSSR count). The fraction of sp³-hybridized carbons (Fsp3) is 0.667. The van der Waals surface area contributed by atoms with Gasteiger partial charge in [-0.1, -0.05) is 0 Å². The van der Waals surface area contributed by atoms with E-state index in [0.717, 1.165) is 13.1 Å². The molecule has 2 saturated heterocycles. The minimum absolute atomic E-state index is 0.0893. The Bertz CT molecular complexity index is 729. The molecule has 1 aromatic rings. The number of anilines is 1. The third kappa shape index (κ3) is 4.02. The van der Waals surface area contributed by atoms with E-state index in [1.54, 1.807) is 17.9 Å². The van der Waals surface area contributed by atoms with Crippen molar-refractivity contribution < 1.29 is 13.2 Å². The molecule has 24 heavy (non-hydrogen) atoms. The number of aromatic nitrogens is 2. The van der Waals surface area contributed by atoms with Crippen molar-refractivity contribution in [3.63, 3.8) is 0 Å². The van der Waals surface area contributed by atoms with Crippen molar-refractivity contribution in [1.82, 2.24) is 19.8 Å². The summed E-state index contributed by atoms with van der Waals surface area (Å²) in [6.45, 7) is 4.87. The predicted molar refractivity (Wildman–Crippen MR) is 90.9 cm³/mol. The first-order valence-corrected chi connectivity index (χ1v) is 9.95. The monoisotopic (exact) mass is 353 g/mol. The van der Waals surface area contributed by atoms with E-state index in [9.17, 15) is 13.2 Å². The van der Waals surface area contributed by atoms with Crippen LogP contribution in [0.2, 0.25) is 0 Å². The van der Waals surface area contributed by atoms with Gasteiger partial charge >= 0.3 is 0 Å². The predicted octanol–water partition coefficient (Wildman–Crippen LogP) is -0.228. The molecule has 0 radical (unpaired) electrons. The van der Waals surface area contributed by atoms with E-state index in [1.807, 2.05) is 7.05 Å². The Morgan fingerprint density at radius 3 is 2.58 bits per heavy atom. The minimum Gasteiger partial charge on any atom is -0.350 e. The van der Waals surface area contributed by atoms with Crippen molar-refractivity contribution >= 4 is 21.7 Å². The molecular weight excluding hydrogens is 330 g/mol. The number of hydrogen-bond acceptors (Lipinski definition) is 7. The molecule has 1 N–H and O–H groups in total. The zero-order valence-electron chi connectivity index (χ0n) is 14.0. The van der Waals surface area contributed by atoms with E-state index in [0.29, 0.717) is 36.8 Å². The highest BCUT2D eigenvalue weighted by Crippen LogP contribution is 2.16. The van der Waals surface area contributed by atoms with Gasteiger partial charge in [-0.05, 0) is 26.5 Å². The number of likely N-dealkylation sites (N-methyl/N-ethyl adjacent to an activating group) is 1. The largest absolute Gasteiger partial charge is 0.350 e. The molecule has 0 aromatic carbocycles. The number of rotatable bonds is 3. The summed E-state index contributed by atoms with van der Waals surface area (Å²) in [5, 5.41) is 3.06. The van der Waals surface area contributed by atoms with Gasteiger partial charge in [0.05, 0.1) is 11.5 Å². The molecule has 0 aliphatic carbocycles. The van der Waals surface area contributed by atoms with Crippen molar-refractivity contribution in [2.45, 2.75) is 19.4 Å². The van der Waals surface area contributed by atoms with Gasteiger partial charge in [-0.25, -0.2) is 18.4 Å². The smallest absolute Gasteiger partial charge is 0.272 e. The summed E-state index contributed by atoms with van der Waals surface area (Å²) in [6, 6.07) is 1.49. The summed E-state index contributed by atoms with van der Waals surface area (Å²) >= 11 is 0. The van der Waals surface area contributed by atoms with Crippen LogP contribution in [0.25, 0.3) is 0 Å². The molecule has 3 heterocycles. The highest BCUT2D eigenvalue weighted by molar-refractivity contribution is 7.91. The average Bonchev–Trinajstić information content (AvgIpc) is 2.85. The highest BCUT2D eigenvalue weighted by atomic mass is 32.2. The lowest BCUT2D eigenvalue weighted by Gasteiger charge is -2.32. The van der Waals surface area contributed by atoms with Crippen LogP contribution >= 0.6 is 0 Å². The van der Waals surface area contributed by atoms with Gasteiger partial charge in [0.1, 0.15) is 5.69 Å². The first-order chi connectivity index (χ1) is 11.3. The standard InChI is InChI=1S/C15H23N5O3S/c1-11-9-13(14(21)20-6-4-19(2)5-7-20)18-15(16-11)17-12-3-8-24(22,23)10-12/h9,12H,3-8,10H2,1-2H3,(H,16,17,18). The van der Waals surface area contributed by atoms with Gasteiger partial charge in [0.25, 0.3) is 5.91 Å². The maximum absolute atomic E-state index is 12.6. The summed E-state index contributed by atoms with van der Waals surface area (Å²) < 4.78 is 23.1. The molecule has 1 atom stereocenters. The van der Waals surface area contributed by atoms with Crippen LogP contribution in [0.5, 0.6) is 0 Å². The molecule has 2 fully saturated rings. The Balaban J connectivity index is 1.73. The van der Waals surface area contributed by atoms with Crippen molar-refractivity contribution in [2.75, 3.05) is 50.0 Å². The van der Waals surface area contributed by atoms with Gasteiger partial charge < -0.3 is 15.1 Å². The number of carbonyl (C=O) groups excluding carboxylic acids is 1. The third-order valence-corrected chi connectivity index (χ3v) is 6.20. The first kappa shape index (κ1) is 17.1. The Morgan fingerprint density at radius 1 is 1.25 bits per heavy atom.